The van der Waals surface area contributed by atoms with Crippen molar-refractivity contribution in [1.29, 1.82) is 0 Å². The number of halogens is 2. The second kappa shape index (κ2) is 6.86. The average Bonchev–Trinajstić information content (AvgIpc) is 2.34. The molecule has 0 aliphatic carbocycles. The summed E-state index contributed by atoms with van der Waals surface area (Å²) in [5, 5.41) is 14.4. The lowest BCUT2D eigenvalue weighted by Gasteiger charge is -2.28. The lowest BCUT2D eigenvalue weighted by Crippen LogP contribution is -2.50. The van der Waals surface area contributed by atoms with Gasteiger partial charge in [-0.15, -0.1) is 0 Å². The highest BCUT2D eigenvalue weighted by Crippen LogP contribution is 2.20. The molecule has 1 unspecified atom stereocenters. The number of hydrogen-bond donors (Lipinski definition) is 3. The fraction of sp³-hybridized carbons (Fsp3) is 0.462. The average molecular weight is 333 g/mol. The molecule has 6 heteroatoms. The third kappa shape index (κ3) is 4.80. The zero-order valence-corrected chi connectivity index (χ0v) is 12.6. The van der Waals surface area contributed by atoms with Crippen LogP contribution in [0, 0.1) is 5.82 Å². The number of nitrogens with one attached hydrogen (secondary N) is 2. The van der Waals surface area contributed by atoms with Gasteiger partial charge in [0.15, 0.2) is 0 Å². The first-order valence-electron chi connectivity index (χ1n) is 6.05. The van der Waals surface area contributed by atoms with Crippen molar-refractivity contribution in [3.63, 3.8) is 0 Å². The van der Waals surface area contributed by atoms with Gasteiger partial charge >= 0.3 is 6.03 Å². The van der Waals surface area contributed by atoms with Crippen LogP contribution < -0.4 is 10.6 Å². The van der Waals surface area contributed by atoms with Crippen LogP contribution in [0.25, 0.3) is 0 Å². The molecule has 1 atom stereocenters. The summed E-state index contributed by atoms with van der Waals surface area (Å²) in [5.41, 5.74) is -0.620. The lowest BCUT2D eigenvalue weighted by atomic mass is 9.98. The first-order valence-corrected chi connectivity index (χ1v) is 6.84. The first kappa shape index (κ1) is 15.9. The van der Waals surface area contributed by atoms with Crippen LogP contribution in [0.4, 0.5) is 14.9 Å². The van der Waals surface area contributed by atoms with E-state index in [-0.39, 0.29) is 12.3 Å². The molecule has 0 heterocycles. The van der Waals surface area contributed by atoms with Crippen molar-refractivity contribution in [1.82, 2.24) is 5.32 Å². The topological polar surface area (TPSA) is 61.4 Å². The van der Waals surface area contributed by atoms with Crippen molar-refractivity contribution in [2.45, 2.75) is 32.2 Å². The molecule has 0 fully saturated rings. The molecular formula is C13H18BrFN2O2. The molecule has 106 valence electrons. The lowest BCUT2D eigenvalue weighted by molar-refractivity contribution is 0.167. The van der Waals surface area contributed by atoms with E-state index in [1.165, 1.54) is 12.1 Å². The van der Waals surface area contributed by atoms with Gasteiger partial charge in [-0.2, -0.15) is 0 Å². The van der Waals surface area contributed by atoms with Crippen LogP contribution in [0.3, 0.4) is 0 Å². The van der Waals surface area contributed by atoms with Gasteiger partial charge < -0.3 is 15.7 Å². The first-order chi connectivity index (χ1) is 8.90. The highest BCUT2D eigenvalue weighted by atomic mass is 79.9. The molecule has 0 aliphatic rings. The summed E-state index contributed by atoms with van der Waals surface area (Å²) in [5.74, 6) is -0.514. The van der Waals surface area contributed by atoms with Gasteiger partial charge in [-0.3, -0.25) is 0 Å². The molecule has 0 aliphatic heterocycles. The largest absolute Gasteiger partial charge is 0.394 e. The highest BCUT2D eigenvalue weighted by molar-refractivity contribution is 9.10. The Morgan fingerprint density at radius 3 is 2.79 bits per heavy atom. The van der Waals surface area contributed by atoms with Crippen LogP contribution in [0.15, 0.2) is 22.7 Å². The third-order valence-electron chi connectivity index (χ3n) is 2.74. The number of carbonyl (C=O) groups is 1. The van der Waals surface area contributed by atoms with Gasteiger partial charge in [-0.05, 0) is 31.5 Å². The van der Waals surface area contributed by atoms with Crippen LogP contribution in [-0.2, 0) is 0 Å². The van der Waals surface area contributed by atoms with Gasteiger partial charge in [0.2, 0.25) is 0 Å². The molecule has 0 bridgehead atoms. The molecule has 3 N–H and O–H groups in total. The summed E-state index contributed by atoms with van der Waals surface area (Å²) >= 11 is 3.21. The smallest absolute Gasteiger partial charge is 0.319 e. The number of urea groups is 1. The SMILES string of the molecule is CCCC(C)(CO)NC(=O)Nc1cc(Br)ccc1F. The van der Waals surface area contributed by atoms with Crippen LogP contribution in [0.2, 0.25) is 0 Å². The minimum atomic E-state index is -0.707. The molecule has 4 nitrogen and oxygen atoms in total. The Labute approximate surface area is 120 Å². The van der Waals surface area contributed by atoms with Crippen molar-refractivity contribution in [2.24, 2.45) is 0 Å². The number of aliphatic hydroxyl groups is 1. The number of anilines is 1. The maximum absolute atomic E-state index is 13.5. The van der Waals surface area contributed by atoms with Crippen LogP contribution >= 0.6 is 15.9 Å². The number of carbonyl (C=O) groups excluding carboxylic acids is 1. The Morgan fingerprint density at radius 1 is 1.53 bits per heavy atom. The van der Waals surface area contributed by atoms with Crippen molar-refractivity contribution in [2.75, 3.05) is 11.9 Å². The van der Waals surface area contributed by atoms with E-state index in [4.69, 9.17) is 0 Å². The summed E-state index contributed by atoms with van der Waals surface area (Å²) in [6.07, 6.45) is 1.46. The summed E-state index contributed by atoms with van der Waals surface area (Å²) < 4.78 is 14.1. The van der Waals surface area contributed by atoms with E-state index in [1.807, 2.05) is 6.92 Å². The second-order valence-corrected chi connectivity index (χ2v) is 5.59. The molecule has 0 spiro atoms. The Bertz CT molecular complexity index is 456. The maximum Gasteiger partial charge on any atom is 0.319 e. The van der Waals surface area contributed by atoms with Gasteiger partial charge in [0, 0.05) is 4.47 Å². The second-order valence-electron chi connectivity index (χ2n) is 4.67. The normalized spacial score (nSPS) is 13.7. The monoisotopic (exact) mass is 332 g/mol. The standard InChI is InChI=1S/C13H18BrFN2O2/c1-3-6-13(2,8-18)17-12(19)16-11-7-9(14)4-5-10(11)15/h4-5,7,18H,3,6,8H2,1-2H3,(H2,16,17,19). The Kier molecular flexibility index (Phi) is 5.75. The number of amides is 2. The third-order valence-corrected chi connectivity index (χ3v) is 3.24. The van der Waals surface area contributed by atoms with Crippen LogP contribution in [0.5, 0.6) is 0 Å². The van der Waals surface area contributed by atoms with Gasteiger partial charge in [0.1, 0.15) is 5.82 Å². The van der Waals surface area contributed by atoms with E-state index >= 15 is 0 Å². The van der Waals surface area contributed by atoms with E-state index < -0.39 is 17.4 Å². The van der Waals surface area contributed by atoms with Crippen molar-refractivity contribution in [3.05, 3.63) is 28.5 Å². The van der Waals surface area contributed by atoms with Crippen molar-refractivity contribution in [3.8, 4) is 0 Å². The van der Waals surface area contributed by atoms with Gasteiger partial charge in [-0.25, -0.2) is 9.18 Å². The zero-order valence-electron chi connectivity index (χ0n) is 11.0. The molecular weight excluding hydrogens is 315 g/mol. The van der Waals surface area contributed by atoms with E-state index in [0.29, 0.717) is 10.9 Å². The minimum absolute atomic E-state index is 0.0867. The summed E-state index contributed by atoms with van der Waals surface area (Å²) in [4.78, 5) is 11.8. The molecule has 1 aromatic rings. The number of aliphatic hydroxyl groups excluding tert-OH is 1. The Hall–Kier alpha value is -1.14. The van der Waals surface area contributed by atoms with E-state index in [2.05, 4.69) is 26.6 Å². The van der Waals surface area contributed by atoms with Gasteiger partial charge in [-0.1, -0.05) is 29.3 Å². The molecule has 2 amide bonds. The minimum Gasteiger partial charge on any atom is -0.394 e. The maximum atomic E-state index is 13.5. The molecule has 1 aromatic carbocycles. The summed E-state index contributed by atoms with van der Waals surface area (Å²) in [7, 11) is 0. The fourth-order valence-corrected chi connectivity index (χ4v) is 2.11. The van der Waals surface area contributed by atoms with Gasteiger partial charge in [0.05, 0.1) is 17.8 Å². The number of hydrogen-bond acceptors (Lipinski definition) is 2. The van der Waals surface area contributed by atoms with E-state index in [0.717, 1.165) is 6.42 Å². The summed E-state index contributed by atoms with van der Waals surface area (Å²) in [6, 6.07) is 3.75. The highest BCUT2D eigenvalue weighted by Gasteiger charge is 2.24. The van der Waals surface area contributed by atoms with E-state index in [1.54, 1.807) is 13.0 Å². The van der Waals surface area contributed by atoms with Crippen LogP contribution in [-0.4, -0.2) is 23.3 Å². The van der Waals surface area contributed by atoms with Crippen molar-refractivity contribution < 1.29 is 14.3 Å². The molecule has 0 aromatic heterocycles. The van der Waals surface area contributed by atoms with Crippen LogP contribution in [0.1, 0.15) is 26.7 Å². The molecule has 0 saturated carbocycles. The number of rotatable bonds is 5. The molecule has 19 heavy (non-hydrogen) atoms. The summed E-state index contributed by atoms with van der Waals surface area (Å²) in [6.45, 7) is 3.53. The van der Waals surface area contributed by atoms with E-state index in [9.17, 15) is 14.3 Å². The molecule has 0 radical (unpaired) electrons. The quantitative estimate of drug-likeness (QED) is 0.775. The fourth-order valence-electron chi connectivity index (χ4n) is 1.75. The zero-order chi connectivity index (χ0) is 14.5. The van der Waals surface area contributed by atoms with Crippen molar-refractivity contribution >= 4 is 27.6 Å². The Morgan fingerprint density at radius 2 is 2.21 bits per heavy atom. The Balaban J connectivity index is 2.72. The van der Waals surface area contributed by atoms with Gasteiger partial charge in [0.25, 0.3) is 0 Å². The predicted octanol–water partition coefficient (Wildman–Crippen LogP) is 3.26. The predicted molar refractivity (Wildman–Crippen MR) is 76.7 cm³/mol. The number of benzene rings is 1. The molecule has 0 saturated heterocycles. The molecule has 1 rings (SSSR count).